The first-order valence-electron chi connectivity index (χ1n) is 3.79. The van der Waals surface area contributed by atoms with E-state index in [4.69, 9.17) is 11.6 Å². The summed E-state index contributed by atoms with van der Waals surface area (Å²) < 4.78 is 0. The molecule has 0 bridgehead atoms. The van der Waals surface area contributed by atoms with Crippen molar-refractivity contribution in [1.82, 2.24) is 0 Å². The highest BCUT2D eigenvalue weighted by Gasteiger charge is 2.26. The van der Waals surface area contributed by atoms with Gasteiger partial charge in [0.15, 0.2) is 0 Å². The summed E-state index contributed by atoms with van der Waals surface area (Å²) in [5.41, 5.74) is 0. The average Bonchev–Trinajstić information content (AvgIpc) is 1.78. The van der Waals surface area contributed by atoms with Gasteiger partial charge in [-0.1, -0.05) is 6.92 Å². The van der Waals surface area contributed by atoms with Crippen molar-refractivity contribution >= 4 is 11.6 Å². The van der Waals surface area contributed by atoms with Gasteiger partial charge in [0, 0.05) is 4.87 Å². The molecule has 1 heteroatoms. The van der Waals surface area contributed by atoms with E-state index < -0.39 is 0 Å². The van der Waals surface area contributed by atoms with Crippen molar-refractivity contribution in [3.05, 3.63) is 0 Å². The van der Waals surface area contributed by atoms with Crippen LogP contribution in [0.2, 0.25) is 0 Å². The van der Waals surface area contributed by atoms with Crippen LogP contribution < -0.4 is 0 Å². The van der Waals surface area contributed by atoms with E-state index >= 15 is 0 Å². The molecule has 1 aliphatic carbocycles. The molecule has 1 rings (SSSR count). The second kappa shape index (κ2) is 2.49. The lowest BCUT2D eigenvalue weighted by molar-refractivity contribution is 0.329. The molecule has 1 fully saturated rings. The Kier molecular flexibility index (Phi) is 2.05. The minimum absolute atomic E-state index is 0.131. The molecule has 0 aliphatic heterocycles. The Morgan fingerprint density at radius 1 is 1.33 bits per heavy atom. The van der Waals surface area contributed by atoms with E-state index in [1.165, 1.54) is 25.7 Å². The fourth-order valence-corrected chi connectivity index (χ4v) is 1.58. The van der Waals surface area contributed by atoms with E-state index in [2.05, 4.69) is 13.8 Å². The van der Waals surface area contributed by atoms with Crippen LogP contribution >= 0.6 is 11.6 Å². The van der Waals surface area contributed by atoms with Crippen LogP contribution in [-0.2, 0) is 0 Å². The highest BCUT2D eigenvalue weighted by molar-refractivity contribution is 6.23. The summed E-state index contributed by atoms with van der Waals surface area (Å²) in [6.45, 7) is 4.46. The Bertz CT molecular complexity index is 86.7. The molecule has 0 N–H and O–H groups in total. The number of alkyl halides is 1. The van der Waals surface area contributed by atoms with E-state index in [9.17, 15) is 0 Å². The predicted octanol–water partition coefficient (Wildman–Crippen LogP) is 3.19. The Hall–Kier alpha value is 0.290. The molecule has 0 spiro atoms. The zero-order valence-corrected chi connectivity index (χ0v) is 7.04. The Morgan fingerprint density at radius 2 is 1.78 bits per heavy atom. The lowest BCUT2D eigenvalue weighted by atomic mass is 9.83. The summed E-state index contributed by atoms with van der Waals surface area (Å²) in [6.07, 6.45) is 5.05. The summed E-state index contributed by atoms with van der Waals surface area (Å²) in [6, 6.07) is 0. The second-order valence-corrected chi connectivity index (χ2v) is 4.51. The van der Waals surface area contributed by atoms with E-state index in [0.29, 0.717) is 0 Å². The Balaban J connectivity index is 2.35. The van der Waals surface area contributed by atoms with Gasteiger partial charge in [0.25, 0.3) is 0 Å². The van der Waals surface area contributed by atoms with Crippen molar-refractivity contribution in [1.29, 1.82) is 0 Å². The Labute approximate surface area is 62.6 Å². The van der Waals surface area contributed by atoms with Gasteiger partial charge < -0.3 is 0 Å². The summed E-state index contributed by atoms with van der Waals surface area (Å²) in [5.74, 6) is 0.914. The predicted molar refractivity (Wildman–Crippen MR) is 41.9 cm³/mol. The molecule has 0 saturated heterocycles. The molecule has 0 amide bonds. The monoisotopic (exact) mass is 146 g/mol. The molecule has 54 valence electrons. The summed E-state index contributed by atoms with van der Waals surface area (Å²) in [5, 5.41) is 0. The third-order valence-electron chi connectivity index (χ3n) is 2.32. The first-order chi connectivity index (χ1) is 4.10. The largest absolute Gasteiger partial charge is 0.120 e. The van der Waals surface area contributed by atoms with Crippen LogP contribution in [0, 0.1) is 5.92 Å². The number of hydrogen-bond acceptors (Lipinski definition) is 0. The molecule has 1 saturated carbocycles. The van der Waals surface area contributed by atoms with Gasteiger partial charge in [0.2, 0.25) is 0 Å². The molecular formula is C8H15Cl. The van der Waals surface area contributed by atoms with Crippen molar-refractivity contribution in [2.75, 3.05) is 0 Å². The molecule has 0 nitrogen and oxygen atoms in total. The number of halogens is 1. The van der Waals surface area contributed by atoms with Crippen LogP contribution in [0.15, 0.2) is 0 Å². The normalized spacial score (nSPS) is 45.0. The zero-order valence-electron chi connectivity index (χ0n) is 6.28. The van der Waals surface area contributed by atoms with Crippen LogP contribution in [-0.4, -0.2) is 4.87 Å². The molecule has 0 aromatic carbocycles. The summed E-state index contributed by atoms with van der Waals surface area (Å²) in [4.78, 5) is 0.131. The second-order valence-electron chi connectivity index (χ2n) is 3.60. The maximum absolute atomic E-state index is 6.14. The van der Waals surface area contributed by atoms with Gasteiger partial charge in [0.1, 0.15) is 0 Å². The lowest BCUT2D eigenvalue weighted by Crippen LogP contribution is -2.23. The SMILES string of the molecule is CC1CCC(C)(Cl)CC1. The van der Waals surface area contributed by atoms with Gasteiger partial charge in [-0.05, 0) is 38.5 Å². The topological polar surface area (TPSA) is 0 Å². The maximum Gasteiger partial charge on any atom is 0.0419 e. The maximum atomic E-state index is 6.14. The molecule has 0 radical (unpaired) electrons. The van der Waals surface area contributed by atoms with Crippen LogP contribution in [0.1, 0.15) is 39.5 Å². The molecule has 0 aromatic rings. The molecule has 0 aromatic heterocycles. The van der Waals surface area contributed by atoms with Crippen LogP contribution in [0.4, 0.5) is 0 Å². The van der Waals surface area contributed by atoms with Crippen LogP contribution in [0.25, 0.3) is 0 Å². The minimum atomic E-state index is 0.131. The molecule has 0 unspecified atom stereocenters. The zero-order chi connectivity index (χ0) is 6.91. The van der Waals surface area contributed by atoms with E-state index in [-0.39, 0.29) is 4.87 Å². The smallest absolute Gasteiger partial charge is 0.0419 e. The third-order valence-corrected chi connectivity index (χ3v) is 2.69. The van der Waals surface area contributed by atoms with Crippen molar-refractivity contribution < 1.29 is 0 Å². The first-order valence-corrected chi connectivity index (χ1v) is 4.17. The Morgan fingerprint density at radius 3 is 2.11 bits per heavy atom. The average molecular weight is 147 g/mol. The third kappa shape index (κ3) is 2.17. The minimum Gasteiger partial charge on any atom is -0.120 e. The van der Waals surface area contributed by atoms with E-state index in [0.717, 1.165) is 5.92 Å². The molecule has 0 atom stereocenters. The first kappa shape index (κ1) is 7.40. The van der Waals surface area contributed by atoms with Gasteiger partial charge in [-0.3, -0.25) is 0 Å². The van der Waals surface area contributed by atoms with Crippen molar-refractivity contribution in [3.8, 4) is 0 Å². The standard InChI is InChI=1S/C8H15Cl/c1-7-3-5-8(2,9)6-4-7/h7H,3-6H2,1-2H3. The van der Waals surface area contributed by atoms with E-state index in [1.54, 1.807) is 0 Å². The van der Waals surface area contributed by atoms with Gasteiger partial charge in [-0.15, -0.1) is 11.6 Å². The summed E-state index contributed by atoms with van der Waals surface area (Å²) >= 11 is 6.14. The van der Waals surface area contributed by atoms with E-state index in [1.807, 2.05) is 0 Å². The van der Waals surface area contributed by atoms with Crippen molar-refractivity contribution in [2.45, 2.75) is 44.4 Å². The summed E-state index contributed by atoms with van der Waals surface area (Å²) in [7, 11) is 0. The van der Waals surface area contributed by atoms with Gasteiger partial charge in [-0.25, -0.2) is 0 Å². The number of hydrogen-bond donors (Lipinski definition) is 0. The molecule has 1 aliphatic rings. The quantitative estimate of drug-likeness (QED) is 0.461. The van der Waals surface area contributed by atoms with Gasteiger partial charge >= 0.3 is 0 Å². The highest BCUT2D eigenvalue weighted by Crippen LogP contribution is 2.35. The lowest BCUT2D eigenvalue weighted by Gasteiger charge is -2.30. The molecular weight excluding hydrogens is 132 g/mol. The molecule has 9 heavy (non-hydrogen) atoms. The fraction of sp³-hybridized carbons (Fsp3) is 1.00. The van der Waals surface area contributed by atoms with Gasteiger partial charge in [-0.2, -0.15) is 0 Å². The van der Waals surface area contributed by atoms with Crippen molar-refractivity contribution in [2.24, 2.45) is 5.92 Å². The van der Waals surface area contributed by atoms with Crippen LogP contribution in [0.3, 0.4) is 0 Å². The molecule has 0 heterocycles. The van der Waals surface area contributed by atoms with Crippen LogP contribution in [0.5, 0.6) is 0 Å². The number of rotatable bonds is 0. The van der Waals surface area contributed by atoms with Gasteiger partial charge in [0.05, 0.1) is 0 Å². The van der Waals surface area contributed by atoms with Crippen molar-refractivity contribution in [3.63, 3.8) is 0 Å². The highest BCUT2D eigenvalue weighted by atomic mass is 35.5. The fourth-order valence-electron chi connectivity index (χ4n) is 1.36.